The molecule has 0 saturated heterocycles. The minimum Gasteiger partial charge on any atom is -0.286 e. The first-order valence-corrected chi connectivity index (χ1v) is 16.1. The predicted octanol–water partition coefficient (Wildman–Crippen LogP) is 9.73. The maximum Gasteiger partial charge on any atom is 0.202 e. The number of hydrogen-bond donors (Lipinski definition) is 0. The zero-order chi connectivity index (χ0) is 23.6. The van der Waals surface area contributed by atoms with E-state index in [4.69, 9.17) is 0 Å². The van der Waals surface area contributed by atoms with Gasteiger partial charge in [0.1, 0.15) is 0 Å². The summed E-state index contributed by atoms with van der Waals surface area (Å²) in [6.45, 7) is 9.59. The Bertz CT molecular complexity index is 716. The molecule has 4 aliphatic rings. The van der Waals surface area contributed by atoms with Crippen LogP contribution in [0.1, 0.15) is 124 Å². The Morgan fingerprint density at radius 2 is 1.82 bits per heavy atom. The molecule has 0 spiro atoms. The summed E-state index contributed by atoms with van der Waals surface area (Å²) in [5.41, 5.74) is 2.73. The van der Waals surface area contributed by atoms with Crippen LogP contribution in [0, 0.1) is 34.5 Å². The lowest BCUT2D eigenvalue weighted by molar-refractivity contribution is -0.110. The lowest BCUT2D eigenvalue weighted by Crippen LogP contribution is -2.50. The fraction of sp³-hybridized carbons (Fsp3) is 0.900. The highest BCUT2D eigenvalue weighted by atomic mass is 79.9. The van der Waals surface area contributed by atoms with Crippen molar-refractivity contribution in [2.45, 2.75) is 134 Å². The van der Waals surface area contributed by atoms with Crippen molar-refractivity contribution in [2.24, 2.45) is 34.5 Å². The molecule has 0 heterocycles. The van der Waals surface area contributed by atoms with Crippen LogP contribution in [-0.2, 0) is 4.79 Å². The van der Waals surface area contributed by atoms with Gasteiger partial charge >= 0.3 is 0 Å². The number of rotatable bonds is 9. The van der Waals surface area contributed by atoms with E-state index >= 15 is 0 Å². The van der Waals surface area contributed by atoms with E-state index in [1.165, 1.54) is 89.9 Å². The molecule has 5 unspecified atom stereocenters. The van der Waals surface area contributed by atoms with Crippen LogP contribution in [0.15, 0.2) is 11.6 Å². The Morgan fingerprint density at radius 1 is 1.06 bits per heavy atom. The van der Waals surface area contributed by atoms with Crippen LogP contribution < -0.4 is 0 Å². The fourth-order valence-corrected chi connectivity index (χ4v) is 10.1. The molecule has 0 aliphatic heterocycles. The second-order valence-electron chi connectivity index (χ2n) is 12.6. The van der Waals surface area contributed by atoms with Crippen molar-refractivity contribution in [2.75, 3.05) is 0 Å². The van der Waals surface area contributed by atoms with Gasteiger partial charge in [0.25, 0.3) is 0 Å². The molecule has 0 aromatic carbocycles. The topological polar surface area (TPSA) is 17.1 Å². The highest BCUT2D eigenvalue weighted by Crippen LogP contribution is 2.67. The summed E-state index contributed by atoms with van der Waals surface area (Å²) in [5.74, 6) is 3.75. The molecule has 0 amide bonds. The van der Waals surface area contributed by atoms with Crippen LogP contribution in [0.2, 0.25) is 0 Å². The van der Waals surface area contributed by atoms with Gasteiger partial charge in [0.2, 0.25) is 5.12 Å². The zero-order valence-electron chi connectivity index (χ0n) is 21.8. The average Bonchev–Trinajstić information content (AvgIpc) is 3.12. The van der Waals surface area contributed by atoms with Crippen molar-refractivity contribution in [3.63, 3.8) is 0 Å². The molecule has 4 aliphatic carbocycles. The molecular weight excluding hydrogens is 488 g/mol. The molecule has 33 heavy (non-hydrogen) atoms. The second kappa shape index (κ2) is 11.1. The molecule has 0 aromatic heterocycles. The Labute approximate surface area is 217 Å². The summed E-state index contributed by atoms with van der Waals surface area (Å²) < 4.78 is 0. The number of thioether (sulfide) groups is 1. The molecule has 3 fully saturated rings. The summed E-state index contributed by atoms with van der Waals surface area (Å²) in [7, 11) is 0. The van der Waals surface area contributed by atoms with Crippen LogP contribution in [0.3, 0.4) is 0 Å². The molecule has 8 atom stereocenters. The number of fused-ring (bicyclic) bond motifs is 5. The highest BCUT2D eigenvalue weighted by molar-refractivity contribution is 9.10. The SMILES string of the molecule is CCCCCCCCC1CCC2C3CC=C4C[C@@H](SC(=O)C(C)Br)CC[C@]4(C)C3CC[C@]12C. The van der Waals surface area contributed by atoms with Crippen LogP contribution in [0.5, 0.6) is 0 Å². The van der Waals surface area contributed by atoms with E-state index in [1.54, 1.807) is 17.3 Å². The van der Waals surface area contributed by atoms with Crippen LogP contribution >= 0.6 is 27.7 Å². The molecule has 0 bridgehead atoms. The summed E-state index contributed by atoms with van der Waals surface area (Å²) in [5, 5.41) is 0.809. The third kappa shape index (κ3) is 5.35. The van der Waals surface area contributed by atoms with Gasteiger partial charge in [0.05, 0.1) is 4.83 Å². The van der Waals surface area contributed by atoms with Crippen molar-refractivity contribution in [3.05, 3.63) is 11.6 Å². The number of halogens is 1. The first-order valence-electron chi connectivity index (χ1n) is 14.3. The van der Waals surface area contributed by atoms with Crippen LogP contribution in [-0.4, -0.2) is 15.2 Å². The lowest BCUT2D eigenvalue weighted by Gasteiger charge is -2.58. The first kappa shape index (κ1) is 26.3. The Balaban J connectivity index is 1.38. The molecule has 0 N–H and O–H groups in total. The largest absolute Gasteiger partial charge is 0.286 e. The van der Waals surface area contributed by atoms with Gasteiger partial charge in [-0.15, -0.1) is 0 Å². The van der Waals surface area contributed by atoms with E-state index in [0.717, 1.165) is 30.1 Å². The molecule has 0 radical (unpaired) electrons. The number of allylic oxidation sites excluding steroid dienone is 2. The van der Waals surface area contributed by atoms with Crippen molar-refractivity contribution >= 4 is 32.8 Å². The Kier molecular flexibility index (Phi) is 8.85. The van der Waals surface area contributed by atoms with Gasteiger partial charge in [-0.25, -0.2) is 0 Å². The van der Waals surface area contributed by atoms with E-state index in [-0.39, 0.29) is 4.83 Å². The molecule has 4 rings (SSSR count). The lowest BCUT2D eigenvalue weighted by atomic mass is 9.47. The van der Waals surface area contributed by atoms with Crippen LogP contribution in [0.4, 0.5) is 0 Å². The number of alkyl halides is 1. The van der Waals surface area contributed by atoms with E-state index in [1.807, 2.05) is 6.92 Å². The van der Waals surface area contributed by atoms with Gasteiger partial charge in [-0.1, -0.05) is 98.6 Å². The quantitative estimate of drug-likeness (QED) is 0.165. The second-order valence-corrected chi connectivity index (χ2v) is 15.2. The van der Waals surface area contributed by atoms with E-state index in [0.29, 0.717) is 21.2 Å². The first-order chi connectivity index (χ1) is 15.8. The average molecular weight is 538 g/mol. The standard InChI is InChI=1S/C30H49BrOS/c1-5-6-7-8-9-10-11-22-13-15-26-25-14-12-23-20-24(33-28(32)21(2)31)16-18-30(23,4)27(25)17-19-29(22,26)3/h12,21-22,24-27H,5-11,13-20H2,1-4H3/t21?,22?,24-,25?,26?,27?,29+,30-/m0/s1. The highest BCUT2D eigenvalue weighted by Gasteiger charge is 2.58. The van der Waals surface area contributed by atoms with E-state index in [2.05, 4.69) is 42.8 Å². The molecule has 3 saturated carbocycles. The maximum atomic E-state index is 12.3. The number of carbonyl (C=O) groups is 1. The van der Waals surface area contributed by atoms with Crippen molar-refractivity contribution in [3.8, 4) is 0 Å². The summed E-state index contributed by atoms with van der Waals surface area (Å²) >= 11 is 5.09. The smallest absolute Gasteiger partial charge is 0.202 e. The molecule has 0 aromatic rings. The van der Waals surface area contributed by atoms with Gasteiger partial charge < -0.3 is 0 Å². The summed E-state index contributed by atoms with van der Waals surface area (Å²) in [6, 6.07) is 0. The van der Waals surface area contributed by atoms with Crippen LogP contribution in [0.25, 0.3) is 0 Å². The Morgan fingerprint density at radius 3 is 2.58 bits per heavy atom. The molecular formula is C30H49BrOS. The fourth-order valence-electron chi connectivity index (χ4n) is 8.74. The normalized spacial score (nSPS) is 41.0. The summed E-state index contributed by atoms with van der Waals surface area (Å²) in [4.78, 5) is 12.3. The van der Waals surface area contributed by atoms with Gasteiger partial charge in [-0.2, -0.15) is 0 Å². The van der Waals surface area contributed by atoms with Crippen molar-refractivity contribution < 1.29 is 4.79 Å². The van der Waals surface area contributed by atoms with E-state index in [9.17, 15) is 4.79 Å². The summed E-state index contributed by atoms with van der Waals surface area (Å²) in [6.07, 6.45) is 23.7. The minimum atomic E-state index is -0.0248. The van der Waals surface area contributed by atoms with Gasteiger partial charge in [0.15, 0.2) is 0 Å². The number of unbranched alkanes of at least 4 members (excludes halogenated alkanes) is 5. The molecule has 3 heteroatoms. The van der Waals surface area contributed by atoms with Gasteiger partial charge in [-0.05, 0) is 99.2 Å². The Hall–Kier alpha value is 0.240. The number of carbonyl (C=O) groups excluding carboxylic acids is 1. The third-order valence-corrected chi connectivity index (χ3v) is 12.8. The number of hydrogen-bond acceptors (Lipinski definition) is 2. The van der Waals surface area contributed by atoms with Gasteiger partial charge in [-0.3, -0.25) is 4.79 Å². The van der Waals surface area contributed by atoms with Crippen molar-refractivity contribution in [1.29, 1.82) is 0 Å². The molecule has 1 nitrogen and oxygen atoms in total. The third-order valence-electron chi connectivity index (χ3n) is 10.8. The molecule has 188 valence electrons. The van der Waals surface area contributed by atoms with E-state index < -0.39 is 0 Å². The van der Waals surface area contributed by atoms with Crippen molar-refractivity contribution in [1.82, 2.24) is 0 Å². The van der Waals surface area contributed by atoms with Gasteiger partial charge in [0, 0.05) is 5.25 Å². The predicted molar refractivity (Wildman–Crippen MR) is 148 cm³/mol. The maximum absolute atomic E-state index is 12.3. The zero-order valence-corrected chi connectivity index (χ0v) is 24.2. The monoisotopic (exact) mass is 536 g/mol. The minimum absolute atomic E-state index is 0.0248.